The van der Waals surface area contributed by atoms with Gasteiger partial charge in [-0.2, -0.15) is 0 Å². The summed E-state index contributed by atoms with van der Waals surface area (Å²) in [5, 5.41) is 12.4. The Balaban J connectivity index is 2.19. The number of hydrogen-bond donors (Lipinski definition) is 1. The van der Waals surface area contributed by atoms with Crippen molar-refractivity contribution < 1.29 is 14.6 Å². The number of carbonyl (C=O) groups is 1. The molecule has 0 amide bonds. The summed E-state index contributed by atoms with van der Waals surface area (Å²) in [7, 11) is 0. The van der Waals surface area contributed by atoms with Crippen molar-refractivity contribution in [1.82, 2.24) is 9.88 Å². The molecule has 2 rings (SSSR count). The summed E-state index contributed by atoms with van der Waals surface area (Å²) in [5.41, 5.74) is 1.02. The molecule has 0 spiro atoms. The van der Waals surface area contributed by atoms with Gasteiger partial charge >= 0.3 is 5.97 Å². The quantitative estimate of drug-likeness (QED) is 0.873. The zero-order valence-corrected chi connectivity index (χ0v) is 13.0. The van der Waals surface area contributed by atoms with E-state index < -0.39 is 11.9 Å². The topological polar surface area (TPSA) is 62.7 Å². The Morgan fingerprint density at radius 2 is 2.40 bits per heavy atom. The SMILES string of the molecule is CCCN(C(C)c1csc(C)n1)C1COCC1C(=O)O. The molecule has 1 aromatic heterocycles. The van der Waals surface area contributed by atoms with E-state index in [2.05, 4.69) is 29.1 Å². The van der Waals surface area contributed by atoms with Crippen molar-refractivity contribution in [2.24, 2.45) is 5.92 Å². The van der Waals surface area contributed by atoms with Crippen LogP contribution in [0.5, 0.6) is 0 Å². The first-order valence-corrected chi connectivity index (χ1v) is 7.90. The fourth-order valence-corrected chi connectivity index (χ4v) is 3.45. The van der Waals surface area contributed by atoms with Crippen LogP contribution in [0.2, 0.25) is 0 Å². The van der Waals surface area contributed by atoms with Gasteiger partial charge in [0.15, 0.2) is 0 Å². The molecular formula is C14H22N2O3S. The number of nitrogens with zero attached hydrogens (tertiary/aromatic N) is 2. The van der Waals surface area contributed by atoms with Gasteiger partial charge in [-0.1, -0.05) is 6.92 Å². The summed E-state index contributed by atoms with van der Waals surface area (Å²) in [6, 6.07) is 0.0536. The Kier molecular flexibility index (Phi) is 5.12. The predicted octanol–water partition coefficient (Wildman–Crippen LogP) is 2.32. The Labute approximate surface area is 123 Å². The van der Waals surface area contributed by atoms with Crippen LogP contribution in [-0.2, 0) is 9.53 Å². The summed E-state index contributed by atoms with van der Waals surface area (Å²) in [5.74, 6) is -1.21. The maximum Gasteiger partial charge on any atom is 0.310 e. The Bertz CT molecular complexity index is 463. The molecule has 0 bridgehead atoms. The van der Waals surface area contributed by atoms with Gasteiger partial charge in [0, 0.05) is 11.4 Å². The van der Waals surface area contributed by atoms with Crippen molar-refractivity contribution in [2.45, 2.75) is 39.3 Å². The van der Waals surface area contributed by atoms with E-state index in [4.69, 9.17) is 4.74 Å². The molecule has 1 aromatic rings. The predicted molar refractivity (Wildman–Crippen MR) is 78.0 cm³/mol. The van der Waals surface area contributed by atoms with E-state index >= 15 is 0 Å². The second-order valence-electron chi connectivity index (χ2n) is 5.25. The lowest BCUT2D eigenvalue weighted by molar-refractivity contribution is -0.143. The van der Waals surface area contributed by atoms with Crippen LogP contribution in [0.3, 0.4) is 0 Å². The van der Waals surface area contributed by atoms with Crippen molar-refractivity contribution in [3.63, 3.8) is 0 Å². The average molecular weight is 298 g/mol. The third-order valence-corrected chi connectivity index (χ3v) is 4.63. The molecule has 3 unspecified atom stereocenters. The van der Waals surface area contributed by atoms with E-state index in [-0.39, 0.29) is 12.1 Å². The lowest BCUT2D eigenvalue weighted by Gasteiger charge is -2.34. The zero-order chi connectivity index (χ0) is 14.7. The first kappa shape index (κ1) is 15.4. The highest BCUT2D eigenvalue weighted by Gasteiger charge is 2.39. The molecule has 2 heterocycles. The van der Waals surface area contributed by atoms with Crippen LogP contribution >= 0.6 is 11.3 Å². The maximum absolute atomic E-state index is 11.4. The highest BCUT2D eigenvalue weighted by molar-refractivity contribution is 7.09. The molecule has 1 aliphatic heterocycles. The van der Waals surface area contributed by atoms with Crippen molar-refractivity contribution in [3.8, 4) is 0 Å². The third-order valence-electron chi connectivity index (χ3n) is 3.84. The fourth-order valence-electron chi connectivity index (χ4n) is 2.75. The number of carboxylic acids is 1. The minimum Gasteiger partial charge on any atom is -0.481 e. The van der Waals surface area contributed by atoms with Crippen LogP contribution in [-0.4, -0.2) is 46.8 Å². The normalized spacial score (nSPS) is 24.2. The molecule has 1 saturated heterocycles. The first-order valence-electron chi connectivity index (χ1n) is 7.03. The van der Waals surface area contributed by atoms with Crippen LogP contribution in [0.1, 0.15) is 37.0 Å². The molecule has 5 nitrogen and oxygen atoms in total. The number of ether oxygens (including phenoxy) is 1. The molecule has 1 aliphatic rings. The first-order chi connectivity index (χ1) is 9.54. The van der Waals surface area contributed by atoms with E-state index in [9.17, 15) is 9.90 Å². The van der Waals surface area contributed by atoms with Gasteiger partial charge in [-0.05, 0) is 26.8 Å². The van der Waals surface area contributed by atoms with E-state index in [1.807, 2.05) is 6.92 Å². The van der Waals surface area contributed by atoms with Gasteiger partial charge in [0.1, 0.15) is 0 Å². The summed E-state index contributed by atoms with van der Waals surface area (Å²) < 4.78 is 5.41. The number of carboxylic acid groups (broad SMARTS) is 1. The number of aliphatic carboxylic acids is 1. The maximum atomic E-state index is 11.4. The van der Waals surface area contributed by atoms with Gasteiger partial charge in [0.2, 0.25) is 0 Å². The van der Waals surface area contributed by atoms with Gasteiger partial charge < -0.3 is 9.84 Å². The summed E-state index contributed by atoms with van der Waals surface area (Å²) >= 11 is 1.63. The van der Waals surface area contributed by atoms with Gasteiger partial charge in [-0.3, -0.25) is 9.69 Å². The minimum absolute atomic E-state index is 0.0653. The Morgan fingerprint density at radius 3 is 2.95 bits per heavy atom. The van der Waals surface area contributed by atoms with Crippen molar-refractivity contribution in [2.75, 3.05) is 19.8 Å². The molecule has 0 saturated carbocycles. The fraction of sp³-hybridized carbons (Fsp3) is 0.714. The Morgan fingerprint density at radius 1 is 1.65 bits per heavy atom. The third kappa shape index (κ3) is 3.19. The van der Waals surface area contributed by atoms with E-state index in [0.717, 1.165) is 23.7 Å². The molecular weight excluding hydrogens is 276 g/mol. The molecule has 0 aromatic carbocycles. The van der Waals surface area contributed by atoms with Crippen LogP contribution < -0.4 is 0 Å². The molecule has 20 heavy (non-hydrogen) atoms. The summed E-state index contributed by atoms with van der Waals surface area (Å²) in [6.07, 6.45) is 0.982. The standard InChI is InChI=1S/C14H22N2O3S/c1-4-5-16(9(2)12-8-20-10(3)15-12)13-7-19-6-11(13)14(17)18/h8-9,11,13H,4-7H2,1-3H3,(H,17,18). The van der Waals surface area contributed by atoms with Crippen LogP contribution in [0.25, 0.3) is 0 Å². The summed E-state index contributed by atoms with van der Waals surface area (Å²) in [6.45, 7) is 7.85. The molecule has 3 atom stereocenters. The second kappa shape index (κ2) is 6.65. The van der Waals surface area contributed by atoms with Crippen molar-refractivity contribution in [3.05, 3.63) is 16.1 Å². The monoisotopic (exact) mass is 298 g/mol. The van der Waals surface area contributed by atoms with Crippen LogP contribution in [0, 0.1) is 12.8 Å². The molecule has 1 fully saturated rings. The number of aromatic nitrogens is 1. The number of rotatable bonds is 6. The smallest absolute Gasteiger partial charge is 0.310 e. The Hall–Kier alpha value is -0.980. The number of thiazole rings is 1. The largest absolute Gasteiger partial charge is 0.481 e. The van der Waals surface area contributed by atoms with Gasteiger partial charge in [-0.25, -0.2) is 4.98 Å². The van der Waals surface area contributed by atoms with Crippen LogP contribution in [0.15, 0.2) is 5.38 Å². The molecule has 112 valence electrons. The van der Waals surface area contributed by atoms with Crippen LogP contribution in [0.4, 0.5) is 0 Å². The van der Waals surface area contributed by atoms with E-state index in [1.54, 1.807) is 11.3 Å². The number of aryl methyl sites for hydroxylation is 1. The highest BCUT2D eigenvalue weighted by atomic mass is 32.1. The van der Waals surface area contributed by atoms with Gasteiger partial charge in [0.25, 0.3) is 0 Å². The molecule has 0 radical (unpaired) electrons. The van der Waals surface area contributed by atoms with E-state index in [0.29, 0.717) is 13.2 Å². The lowest BCUT2D eigenvalue weighted by Crippen LogP contribution is -2.44. The highest BCUT2D eigenvalue weighted by Crippen LogP contribution is 2.29. The second-order valence-corrected chi connectivity index (χ2v) is 6.32. The molecule has 6 heteroatoms. The summed E-state index contributed by atoms with van der Waals surface area (Å²) in [4.78, 5) is 18.1. The zero-order valence-electron chi connectivity index (χ0n) is 12.2. The molecule has 1 N–H and O–H groups in total. The molecule has 0 aliphatic carbocycles. The van der Waals surface area contributed by atoms with Gasteiger partial charge in [-0.15, -0.1) is 11.3 Å². The minimum atomic E-state index is -0.768. The van der Waals surface area contributed by atoms with Crippen molar-refractivity contribution in [1.29, 1.82) is 0 Å². The number of hydrogen-bond acceptors (Lipinski definition) is 5. The lowest BCUT2D eigenvalue weighted by atomic mass is 10.00. The van der Waals surface area contributed by atoms with Gasteiger partial charge in [0.05, 0.1) is 35.9 Å². The van der Waals surface area contributed by atoms with E-state index in [1.165, 1.54) is 0 Å². The van der Waals surface area contributed by atoms with Crippen molar-refractivity contribution >= 4 is 17.3 Å². The average Bonchev–Trinajstić information content (AvgIpc) is 3.03.